The second-order valence-corrected chi connectivity index (χ2v) is 7.93. The molecule has 34 heavy (non-hydrogen) atoms. The summed E-state index contributed by atoms with van der Waals surface area (Å²) in [4.78, 5) is 37.4. The van der Waals surface area contributed by atoms with E-state index in [9.17, 15) is 14.4 Å². The van der Waals surface area contributed by atoms with Crippen LogP contribution in [0.4, 0.5) is 17.1 Å². The Labute approximate surface area is 197 Å². The summed E-state index contributed by atoms with van der Waals surface area (Å²) in [5.41, 5.74) is 2.68. The van der Waals surface area contributed by atoms with Crippen LogP contribution in [0.2, 0.25) is 0 Å². The van der Waals surface area contributed by atoms with E-state index in [4.69, 9.17) is 4.74 Å². The molecule has 0 saturated heterocycles. The molecule has 1 fully saturated rings. The molecular formula is C26H26N4O4. The molecule has 1 aliphatic rings. The number of benzene rings is 3. The maximum Gasteiger partial charge on any atom is 0.255 e. The summed E-state index contributed by atoms with van der Waals surface area (Å²) >= 11 is 0. The van der Waals surface area contributed by atoms with Crippen LogP contribution in [-0.4, -0.2) is 37.4 Å². The van der Waals surface area contributed by atoms with E-state index in [1.54, 1.807) is 61.7 Å². The summed E-state index contributed by atoms with van der Waals surface area (Å²) in [6, 6.07) is 21.1. The highest BCUT2D eigenvalue weighted by molar-refractivity contribution is 6.05. The predicted molar refractivity (Wildman–Crippen MR) is 131 cm³/mol. The molecule has 0 atom stereocenters. The Morgan fingerprint density at radius 1 is 0.824 bits per heavy atom. The van der Waals surface area contributed by atoms with Crippen molar-refractivity contribution in [1.82, 2.24) is 5.32 Å². The summed E-state index contributed by atoms with van der Waals surface area (Å²) in [7, 11) is 1.54. The lowest BCUT2D eigenvalue weighted by Crippen LogP contribution is -2.27. The minimum absolute atomic E-state index is 0.0102. The molecule has 3 aromatic carbocycles. The molecule has 3 amide bonds. The third kappa shape index (κ3) is 5.92. The van der Waals surface area contributed by atoms with Crippen LogP contribution in [0.3, 0.4) is 0 Å². The Morgan fingerprint density at radius 3 is 2.21 bits per heavy atom. The zero-order chi connectivity index (χ0) is 23.9. The van der Waals surface area contributed by atoms with E-state index in [0.29, 0.717) is 33.9 Å². The van der Waals surface area contributed by atoms with Crippen LogP contribution in [0.5, 0.6) is 5.75 Å². The van der Waals surface area contributed by atoms with Crippen molar-refractivity contribution in [1.29, 1.82) is 0 Å². The van der Waals surface area contributed by atoms with Gasteiger partial charge in [-0.25, -0.2) is 0 Å². The minimum Gasteiger partial charge on any atom is -0.495 e. The van der Waals surface area contributed by atoms with Crippen LogP contribution < -0.4 is 26.0 Å². The average Bonchev–Trinajstić information content (AvgIpc) is 3.67. The molecule has 3 aromatic rings. The first-order valence-electron chi connectivity index (χ1n) is 11.0. The Morgan fingerprint density at radius 2 is 1.50 bits per heavy atom. The van der Waals surface area contributed by atoms with E-state index >= 15 is 0 Å². The molecule has 0 bridgehead atoms. The van der Waals surface area contributed by atoms with Crippen molar-refractivity contribution >= 4 is 34.8 Å². The maximum atomic E-state index is 12.5. The average molecular weight is 459 g/mol. The van der Waals surface area contributed by atoms with Gasteiger partial charge in [0.15, 0.2) is 0 Å². The molecule has 0 unspecified atom stereocenters. The summed E-state index contributed by atoms with van der Waals surface area (Å²) in [6.07, 6.45) is 2.01. The van der Waals surface area contributed by atoms with Gasteiger partial charge in [0.05, 0.1) is 24.9 Å². The zero-order valence-electron chi connectivity index (χ0n) is 18.8. The normalized spacial score (nSPS) is 12.4. The van der Waals surface area contributed by atoms with Gasteiger partial charge >= 0.3 is 0 Å². The van der Waals surface area contributed by atoms with Gasteiger partial charge in [0.25, 0.3) is 11.8 Å². The highest BCUT2D eigenvalue weighted by atomic mass is 16.5. The maximum absolute atomic E-state index is 12.5. The summed E-state index contributed by atoms with van der Waals surface area (Å²) in [6.45, 7) is -0.0102. The first-order valence-corrected chi connectivity index (χ1v) is 11.0. The summed E-state index contributed by atoms with van der Waals surface area (Å²) < 4.78 is 5.25. The Bertz CT molecular complexity index is 1190. The summed E-state index contributed by atoms with van der Waals surface area (Å²) in [5, 5.41) is 11.6. The Hall–Kier alpha value is -4.33. The smallest absolute Gasteiger partial charge is 0.255 e. The zero-order valence-corrected chi connectivity index (χ0v) is 18.8. The lowest BCUT2D eigenvalue weighted by Gasteiger charge is -2.12. The number of amides is 3. The Balaban J connectivity index is 1.31. The third-order valence-corrected chi connectivity index (χ3v) is 5.31. The molecule has 8 heteroatoms. The summed E-state index contributed by atoms with van der Waals surface area (Å²) in [5.74, 6) is -0.138. The highest BCUT2D eigenvalue weighted by Crippen LogP contribution is 2.24. The number of hydrogen-bond donors (Lipinski definition) is 4. The molecule has 0 radical (unpaired) electrons. The molecule has 8 nitrogen and oxygen atoms in total. The fraction of sp³-hybridized carbons (Fsp3) is 0.192. The number of carbonyl (C=O) groups is 3. The second-order valence-electron chi connectivity index (χ2n) is 7.93. The van der Waals surface area contributed by atoms with Crippen LogP contribution in [0.1, 0.15) is 33.6 Å². The number of hydrogen-bond acceptors (Lipinski definition) is 5. The van der Waals surface area contributed by atoms with Gasteiger partial charge in [0.1, 0.15) is 5.75 Å². The number of para-hydroxylation sites is 3. The van der Waals surface area contributed by atoms with Gasteiger partial charge < -0.3 is 26.0 Å². The second kappa shape index (κ2) is 10.5. The van der Waals surface area contributed by atoms with Crippen LogP contribution in [0.15, 0.2) is 72.8 Å². The van der Waals surface area contributed by atoms with Crippen molar-refractivity contribution in [3.63, 3.8) is 0 Å². The van der Waals surface area contributed by atoms with Crippen LogP contribution in [-0.2, 0) is 4.79 Å². The van der Waals surface area contributed by atoms with E-state index in [2.05, 4.69) is 21.3 Å². The van der Waals surface area contributed by atoms with Crippen molar-refractivity contribution < 1.29 is 19.1 Å². The number of anilines is 3. The third-order valence-electron chi connectivity index (χ3n) is 5.31. The lowest BCUT2D eigenvalue weighted by molar-refractivity contribution is -0.114. The molecule has 174 valence electrons. The van der Waals surface area contributed by atoms with Crippen molar-refractivity contribution in [2.75, 3.05) is 29.6 Å². The minimum atomic E-state index is -0.287. The van der Waals surface area contributed by atoms with Crippen LogP contribution >= 0.6 is 0 Å². The molecule has 0 aromatic heterocycles. The van der Waals surface area contributed by atoms with Crippen molar-refractivity contribution in [2.45, 2.75) is 18.9 Å². The number of rotatable bonds is 9. The fourth-order valence-electron chi connectivity index (χ4n) is 3.35. The van der Waals surface area contributed by atoms with Gasteiger partial charge in [-0.1, -0.05) is 24.3 Å². The van der Waals surface area contributed by atoms with Gasteiger partial charge in [-0.2, -0.15) is 0 Å². The SMILES string of the molecule is COc1ccccc1NC(=O)c1ccc(NC(=O)CNc2ccccc2C(=O)NC2CC2)cc1. The van der Waals surface area contributed by atoms with Gasteiger partial charge in [0.2, 0.25) is 5.91 Å². The largest absolute Gasteiger partial charge is 0.495 e. The molecule has 0 spiro atoms. The molecule has 4 rings (SSSR count). The number of nitrogens with one attached hydrogen (secondary N) is 4. The van der Waals surface area contributed by atoms with E-state index in [0.717, 1.165) is 12.8 Å². The van der Waals surface area contributed by atoms with Crippen molar-refractivity contribution in [2.24, 2.45) is 0 Å². The Kier molecular flexibility index (Phi) is 7.07. The fourth-order valence-corrected chi connectivity index (χ4v) is 3.35. The van der Waals surface area contributed by atoms with E-state index in [1.807, 2.05) is 18.2 Å². The lowest BCUT2D eigenvalue weighted by atomic mass is 10.1. The van der Waals surface area contributed by atoms with Gasteiger partial charge in [0, 0.05) is 23.0 Å². The van der Waals surface area contributed by atoms with E-state index in [-0.39, 0.29) is 30.3 Å². The highest BCUT2D eigenvalue weighted by Gasteiger charge is 2.24. The van der Waals surface area contributed by atoms with Crippen LogP contribution in [0, 0.1) is 0 Å². The first-order chi connectivity index (χ1) is 16.5. The van der Waals surface area contributed by atoms with E-state index < -0.39 is 0 Å². The molecule has 0 aliphatic heterocycles. The quantitative estimate of drug-likeness (QED) is 0.389. The van der Waals surface area contributed by atoms with Gasteiger partial charge in [-0.05, 0) is 61.4 Å². The van der Waals surface area contributed by atoms with Crippen molar-refractivity contribution in [3.05, 3.63) is 83.9 Å². The number of ether oxygens (including phenoxy) is 1. The van der Waals surface area contributed by atoms with Crippen LogP contribution in [0.25, 0.3) is 0 Å². The number of methoxy groups -OCH3 is 1. The number of carbonyl (C=O) groups excluding carboxylic acids is 3. The van der Waals surface area contributed by atoms with Gasteiger partial charge in [-0.3, -0.25) is 14.4 Å². The van der Waals surface area contributed by atoms with Crippen molar-refractivity contribution in [3.8, 4) is 5.75 Å². The first kappa shape index (κ1) is 22.8. The standard InChI is InChI=1S/C26H26N4O4/c1-34-23-9-5-4-8-22(23)30-25(32)17-10-12-18(13-11-17)28-24(31)16-27-21-7-3-2-6-20(21)26(33)29-19-14-15-19/h2-13,19,27H,14-16H2,1H3,(H,28,31)(H,29,33)(H,30,32). The van der Waals surface area contributed by atoms with Gasteiger partial charge in [-0.15, -0.1) is 0 Å². The monoisotopic (exact) mass is 458 g/mol. The van der Waals surface area contributed by atoms with E-state index in [1.165, 1.54) is 0 Å². The molecule has 4 N–H and O–H groups in total. The molecule has 1 saturated carbocycles. The molecule has 1 aliphatic carbocycles. The topological polar surface area (TPSA) is 109 Å². The molecular weight excluding hydrogens is 432 g/mol. The molecule has 0 heterocycles. The predicted octanol–water partition coefficient (Wildman–Crippen LogP) is 3.89.